The normalized spacial score (nSPS) is 14.2. The number of benzene rings is 2. The van der Waals surface area contributed by atoms with Crippen LogP contribution in [0.2, 0.25) is 0 Å². The molecule has 1 N–H and O–H groups in total. The Morgan fingerprint density at radius 1 is 1.23 bits per heavy atom. The minimum absolute atomic E-state index is 0.121. The minimum Gasteiger partial charge on any atom is -0.497 e. The Balaban J connectivity index is 1.34. The summed E-state index contributed by atoms with van der Waals surface area (Å²) < 4.78 is 10.7. The van der Waals surface area contributed by atoms with Crippen LogP contribution in [0.15, 0.2) is 53.1 Å². The largest absolute Gasteiger partial charge is 0.497 e. The fourth-order valence-electron chi connectivity index (χ4n) is 3.44. The number of rotatable bonds is 4. The lowest BCUT2D eigenvalue weighted by atomic mass is 9.97. The Kier molecular flexibility index (Phi) is 5.61. The van der Waals surface area contributed by atoms with Crippen LogP contribution in [0, 0.1) is 11.3 Å². The molecule has 3 aromatic rings. The molecule has 8 nitrogen and oxygen atoms in total. The van der Waals surface area contributed by atoms with Gasteiger partial charge in [-0.25, -0.2) is 4.79 Å². The molecule has 1 aliphatic rings. The number of urea groups is 1. The van der Waals surface area contributed by atoms with Crippen molar-refractivity contribution in [3.05, 3.63) is 60.0 Å². The molecule has 0 radical (unpaired) electrons. The topological polar surface area (TPSA) is 104 Å². The van der Waals surface area contributed by atoms with Gasteiger partial charge in [0.05, 0.1) is 18.7 Å². The van der Waals surface area contributed by atoms with Crippen LogP contribution in [-0.2, 0) is 0 Å². The number of ether oxygens (including phenoxy) is 1. The van der Waals surface area contributed by atoms with Crippen molar-refractivity contribution in [1.29, 1.82) is 5.26 Å². The zero-order chi connectivity index (χ0) is 20.9. The van der Waals surface area contributed by atoms with E-state index in [1.165, 1.54) is 0 Å². The van der Waals surface area contributed by atoms with E-state index in [1.54, 1.807) is 36.3 Å². The van der Waals surface area contributed by atoms with E-state index in [-0.39, 0.29) is 11.9 Å². The first-order valence-electron chi connectivity index (χ1n) is 9.70. The summed E-state index contributed by atoms with van der Waals surface area (Å²) in [6.45, 7) is 1.20. The molecule has 0 aliphatic carbocycles. The number of hydrogen-bond acceptors (Lipinski definition) is 6. The van der Waals surface area contributed by atoms with Crippen LogP contribution in [0.1, 0.15) is 30.2 Å². The van der Waals surface area contributed by atoms with Crippen molar-refractivity contribution in [2.24, 2.45) is 0 Å². The highest BCUT2D eigenvalue weighted by molar-refractivity contribution is 5.89. The van der Waals surface area contributed by atoms with Crippen LogP contribution in [0.25, 0.3) is 11.4 Å². The second kappa shape index (κ2) is 8.66. The average molecular weight is 403 g/mol. The summed E-state index contributed by atoms with van der Waals surface area (Å²) in [7, 11) is 1.62. The van der Waals surface area contributed by atoms with Crippen molar-refractivity contribution >= 4 is 11.7 Å². The summed E-state index contributed by atoms with van der Waals surface area (Å²) in [6.07, 6.45) is 1.50. The van der Waals surface area contributed by atoms with Crippen LogP contribution in [-0.4, -0.2) is 41.3 Å². The van der Waals surface area contributed by atoms with E-state index in [2.05, 4.69) is 21.5 Å². The van der Waals surface area contributed by atoms with E-state index >= 15 is 0 Å². The van der Waals surface area contributed by atoms with Gasteiger partial charge in [-0.15, -0.1) is 0 Å². The predicted octanol–water partition coefficient (Wildman–Crippen LogP) is 4.03. The number of methoxy groups -OCH3 is 1. The van der Waals surface area contributed by atoms with Gasteiger partial charge in [0.1, 0.15) is 5.75 Å². The lowest BCUT2D eigenvalue weighted by molar-refractivity contribution is 0.187. The molecule has 2 aromatic carbocycles. The number of likely N-dealkylation sites (tertiary alicyclic amines) is 1. The number of aromatic nitrogens is 2. The molecule has 2 heterocycles. The second-order valence-corrected chi connectivity index (χ2v) is 7.07. The van der Waals surface area contributed by atoms with E-state index in [0.29, 0.717) is 36.1 Å². The van der Waals surface area contributed by atoms with Gasteiger partial charge in [0.15, 0.2) is 0 Å². The van der Waals surface area contributed by atoms with Crippen LogP contribution >= 0.6 is 0 Å². The highest BCUT2D eigenvalue weighted by atomic mass is 16.5. The van der Waals surface area contributed by atoms with Crippen LogP contribution in [0.3, 0.4) is 0 Å². The molecule has 1 aliphatic heterocycles. The summed E-state index contributed by atoms with van der Waals surface area (Å²) in [4.78, 5) is 18.8. The van der Waals surface area contributed by atoms with Gasteiger partial charge in [-0.1, -0.05) is 17.3 Å². The number of amides is 2. The number of hydrogen-bond donors (Lipinski definition) is 1. The van der Waals surface area contributed by atoms with E-state index < -0.39 is 0 Å². The van der Waals surface area contributed by atoms with Gasteiger partial charge < -0.3 is 19.5 Å². The second-order valence-electron chi connectivity index (χ2n) is 7.07. The van der Waals surface area contributed by atoms with E-state index in [0.717, 1.165) is 24.2 Å². The van der Waals surface area contributed by atoms with Crippen LogP contribution < -0.4 is 10.1 Å². The molecule has 4 rings (SSSR count). The summed E-state index contributed by atoms with van der Waals surface area (Å²) >= 11 is 0. The Morgan fingerprint density at radius 2 is 2.00 bits per heavy atom. The Labute approximate surface area is 174 Å². The van der Waals surface area contributed by atoms with Gasteiger partial charge in [0.2, 0.25) is 11.7 Å². The highest BCUT2D eigenvalue weighted by Gasteiger charge is 2.27. The first kappa shape index (κ1) is 19.5. The van der Waals surface area contributed by atoms with E-state index in [9.17, 15) is 4.79 Å². The lowest BCUT2D eigenvalue weighted by Gasteiger charge is -2.30. The van der Waals surface area contributed by atoms with Crippen LogP contribution in [0.4, 0.5) is 10.5 Å². The zero-order valence-corrected chi connectivity index (χ0v) is 16.5. The monoisotopic (exact) mass is 403 g/mol. The maximum Gasteiger partial charge on any atom is 0.321 e. The predicted molar refractivity (Wildman–Crippen MR) is 110 cm³/mol. The average Bonchev–Trinajstić information content (AvgIpc) is 3.30. The summed E-state index contributed by atoms with van der Waals surface area (Å²) in [6, 6.07) is 16.2. The molecule has 0 bridgehead atoms. The maximum atomic E-state index is 12.5. The fourth-order valence-corrected chi connectivity index (χ4v) is 3.44. The van der Waals surface area contributed by atoms with Gasteiger partial charge >= 0.3 is 6.03 Å². The van der Waals surface area contributed by atoms with Gasteiger partial charge in [-0.05, 0) is 49.2 Å². The lowest BCUT2D eigenvalue weighted by Crippen LogP contribution is -2.40. The van der Waals surface area contributed by atoms with Crippen molar-refractivity contribution in [1.82, 2.24) is 15.0 Å². The number of nitrogens with zero attached hydrogens (tertiary/aromatic N) is 4. The standard InChI is InChI=1S/C22H21N5O3/c1-29-19-4-2-3-17(13-19)20-25-21(30-26-20)16-9-11-27(12-10-16)22(28)24-18-7-5-15(14-23)6-8-18/h2-8,13,16H,9-12H2,1H3,(H,24,28). The smallest absolute Gasteiger partial charge is 0.321 e. The number of carbonyl (C=O) groups is 1. The number of nitrogens with one attached hydrogen (secondary N) is 1. The Hall–Kier alpha value is -3.86. The molecular weight excluding hydrogens is 382 g/mol. The third-order valence-corrected chi connectivity index (χ3v) is 5.17. The minimum atomic E-state index is -0.152. The van der Waals surface area contributed by atoms with Crippen molar-refractivity contribution in [3.8, 4) is 23.2 Å². The van der Waals surface area contributed by atoms with E-state index in [1.807, 2.05) is 24.3 Å². The molecule has 1 aromatic heterocycles. The maximum absolute atomic E-state index is 12.5. The number of anilines is 1. The summed E-state index contributed by atoms with van der Waals surface area (Å²) in [5.74, 6) is 1.99. The summed E-state index contributed by atoms with van der Waals surface area (Å²) in [5.41, 5.74) is 2.06. The molecule has 8 heteroatoms. The molecule has 2 amide bonds. The molecule has 1 fully saturated rings. The van der Waals surface area contributed by atoms with Crippen molar-refractivity contribution < 1.29 is 14.1 Å². The molecule has 0 unspecified atom stereocenters. The first-order valence-corrected chi connectivity index (χ1v) is 9.70. The van der Waals surface area contributed by atoms with Crippen molar-refractivity contribution in [3.63, 3.8) is 0 Å². The van der Waals surface area contributed by atoms with Crippen molar-refractivity contribution in [2.75, 3.05) is 25.5 Å². The molecular formula is C22H21N5O3. The molecule has 1 saturated heterocycles. The molecule has 152 valence electrons. The van der Waals surface area contributed by atoms with Gasteiger partial charge in [-0.2, -0.15) is 10.2 Å². The van der Waals surface area contributed by atoms with Crippen molar-refractivity contribution in [2.45, 2.75) is 18.8 Å². The van der Waals surface area contributed by atoms with E-state index in [4.69, 9.17) is 14.5 Å². The zero-order valence-electron chi connectivity index (χ0n) is 16.5. The molecule has 0 spiro atoms. The molecule has 0 saturated carbocycles. The SMILES string of the molecule is COc1cccc(-c2noc(C3CCN(C(=O)Nc4ccc(C#N)cc4)CC3)n2)c1. The van der Waals surface area contributed by atoms with Crippen LogP contribution in [0.5, 0.6) is 5.75 Å². The van der Waals surface area contributed by atoms with Gasteiger partial charge in [0.25, 0.3) is 0 Å². The Morgan fingerprint density at radius 3 is 2.70 bits per heavy atom. The highest BCUT2D eigenvalue weighted by Crippen LogP contribution is 2.29. The number of carbonyl (C=O) groups excluding carboxylic acids is 1. The Bertz CT molecular complexity index is 1060. The summed E-state index contributed by atoms with van der Waals surface area (Å²) in [5, 5.41) is 15.8. The third-order valence-electron chi connectivity index (χ3n) is 5.17. The van der Waals surface area contributed by atoms with Gasteiger partial charge in [-0.3, -0.25) is 0 Å². The number of nitriles is 1. The third kappa shape index (κ3) is 4.25. The molecule has 30 heavy (non-hydrogen) atoms. The quantitative estimate of drug-likeness (QED) is 0.705. The number of piperidine rings is 1. The molecule has 0 atom stereocenters. The van der Waals surface area contributed by atoms with Gasteiger partial charge in [0, 0.05) is 30.3 Å². The fraction of sp³-hybridized carbons (Fsp3) is 0.273. The first-order chi connectivity index (χ1) is 14.7.